The molecule has 0 aliphatic carbocycles. The highest BCUT2D eigenvalue weighted by atomic mass is 32.2. The van der Waals surface area contributed by atoms with Crippen LogP contribution in [-0.4, -0.2) is 50.4 Å². The van der Waals surface area contributed by atoms with E-state index in [1.807, 2.05) is 6.07 Å². The number of hydrogen-bond donors (Lipinski definition) is 3. The van der Waals surface area contributed by atoms with Crippen molar-refractivity contribution >= 4 is 33.0 Å². The lowest BCUT2D eigenvalue weighted by Crippen LogP contribution is -2.37. The highest BCUT2D eigenvalue weighted by molar-refractivity contribution is 7.89. The fourth-order valence-electron chi connectivity index (χ4n) is 3.89. The molecule has 1 fully saturated rings. The van der Waals surface area contributed by atoms with E-state index in [-0.39, 0.29) is 10.8 Å². The van der Waals surface area contributed by atoms with E-state index in [1.54, 1.807) is 67.0 Å². The summed E-state index contributed by atoms with van der Waals surface area (Å²) in [5.74, 6) is -0.246. The highest BCUT2D eigenvalue weighted by Crippen LogP contribution is 2.26. The van der Waals surface area contributed by atoms with Gasteiger partial charge in [0.05, 0.1) is 22.5 Å². The van der Waals surface area contributed by atoms with E-state index in [9.17, 15) is 13.2 Å². The van der Waals surface area contributed by atoms with Crippen LogP contribution in [0.4, 0.5) is 17.1 Å². The molecule has 1 aliphatic heterocycles. The molecule has 1 aromatic heterocycles. The summed E-state index contributed by atoms with van der Waals surface area (Å²) in [7, 11) is -3.64. The molecule has 0 saturated carbocycles. The van der Waals surface area contributed by atoms with E-state index in [4.69, 9.17) is 0 Å². The zero-order valence-corrected chi connectivity index (χ0v) is 19.7. The Kier molecular flexibility index (Phi) is 7.89. The Balaban J connectivity index is 1.42. The highest BCUT2D eigenvalue weighted by Gasteiger charge is 2.16. The molecule has 9 heteroatoms. The molecular formula is C25H29N5O3S. The molecule has 0 radical (unpaired) electrons. The zero-order valence-electron chi connectivity index (χ0n) is 18.9. The summed E-state index contributed by atoms with van der Waals surface area (Å²) < 4.78 is 28.3. The lowest BCUT2D eigenvalue weighted by molar-refractivity contribution is 0.102. The van der Waals surface area contributed by atoms with Crippen LogP contribution in [0, 0.1) is 0 Å². The molecule has 8 nitrogen and oxygen atoms in total. The number of carbonyl (C=O) groups is 1. The van der Waals surface area contributed by atoms with Crippen LogP contribution in [0.25, 0.3) is 0 Å². The van der Waals surface area contributed by atoms with E-state index in [2.05, 4.69) is 25.2 Å². The van der Waals surface area contributed by atoms with Crippen molar-refractivity contribution in [2.75, 3.05) is 36.8 Å². The molecule has 34 heavy (non-hydrogen) atoms. The van der Waals surface area contributed by atoms with Crippen molar-refractivity contribution in [3.63, 3.8) is 0 Å². The van der Waals surface area contributed by atoms with Gasteiger partial charge in [-0.3, -0.25) is 9.78 Å². The minimum Gasteiger partial charge on any atom is -0.353 e. The van der Waals surface area contributed by atoms with Gasteiger partial charge >= 0.3 is 0 Å². The van der Waals surface area contributed by atoms with Crippen LogP contribution in [0.1, 0.15) is 29.6 Å². The van der Waals surface area contributed by atoms with Crippen LogP contribution in [-0.2, 0) is 10.0 Å². The third kappa shape index (κ3) is 6.40. The largest absolute Gasteiger partial charge is 0.353 e. The second-order valence-corrected chi connectivity index (χ2v) is 9.96. The quantitative estimate of drug-likeness (QED) is 0.431. The molecule has 178 valence electrons. The first-order chi connectivity index (χ1) is 16.5. The van der Waals surface area contributed by atoms with Crippen molar-refractivity contribution in [1.82, 2.24) is 14.6 Å². The smallest absolute Gasteiger partial charge is 0.255 e. The van der Waals surface area contributed by atoms with Crippen LogP contribution in [0.2, 0.25) is 0 Å². The maximum Gasteiger partial charge on any atom is 0.255 e. The monoisotopic (exact) mass is 479 g/mol. The van der Waals surface area contributed by atoms with Gasteiger partial charge in [0.25, 0.3) is 5.91 Å². The number of amides is 1. The minimum absolute atomic E-state index is 0.176. The molecule has 1 amide bonds. The summed E-state index contributed by atoms with van der Waals surface area (Å²) in [6, 6.07) is 17.2. The van der Waals surface area contributed by atoms with E-state index in [0.29, 0.717) is 35.7 Å². The van der Waals surface area contributed by atoms with Crippen molar-refractivity contribution in [3.05, 3.63) is 78.6 Å². The maximum atomic E-state index is 12.8. The third-order valence-electron chi connectivity index (χ3n) is 5.70. The molecule has 0 bridgehead atoms. The van der Waals surface area contributed by atoms with Crippen LogP contribution in [0.3, 0.4) is 0 Å². The summed E-state index contributed by atoms with van der Waals surface area (Å²) in [4.78, 5) is 19.2. The number of anilines is 3. The Morgan fingerprint density at radius 3 is 2.53 bits per heavy atom. The normalized spacial score (nSPS) is 14.5. The number of sulfonamides is 1. The van der Waals surface area contributed by atoms with Crippen molar-refractivity contribution < 1.29 is 13.2 Å². The summed E-state index contributed by atoms with van der Waals surface area (Å²) in [5.41, 5.74) is 2.20. The van der Waals surface area contributed by atoms with Gasteiger partial charge in [-0.25, -0.2) is 13.1 Å². The predicted octanol–water partition coefficient (Wildman–Crippen LogP) is 3.84. The van der Waals surface area contributed by atoms with Crippen LogP contribution >= 0.6 is 0 Å². The number of aromatic nitrogens is 1. The topological polar surface area (TPSA) is 103 Å². The van der Waals surface area contributed by atoms with Crippen molar-refractivity contribution in [2.45, 2.75) is 24.2 Å². The Labute approximate surface area is 200 Å². The summed E-state index contributed by atoms with van der Waals surface area (Å²) in [6.07, 6.45) is 6.75. The Bertz CT molecular complexity index is 1210. The van der Waals surface area contributed by atoms with Crippen LogP contribution < -0.4 is 15.4 Å². The van der Waals surface area contributed by atoms with Crippen molar-refractivity contribution in [1.29, 1.82) is 0 Å². The fourth-order valence-corrected chi connectivity index (χ4v) is 4.95. The molecule has 0 atom stereocenters. The lowest BCUT2D eigenvalue weighted by Gasteiger charge is -2.26. The van der Waals surface area contributed by atoms with Gasteiger partial charge in [0.2, 0.25) is 10.0 Å². The molecule has 3 aromatic rings. The van der Waals surface area contributed by atoms with E-state index in [0.717, 1.165) is 13.1 Å². The average Bonchev–Trinajstić information content (AvgIpc) is 2.86. The average molecular weight is 480 g/mol. The number of piperidine rings is 1. The molecule has 1 saturated heterocycles. The number of carbonyl (C=O) groups excluding carboxylic acids is 1. The van der Waals surface area contributed by atoms with Gasteiger partial charge in [-0.2, -0.15) is 0 Å². The van der Waals surface area contributed by atoms with Gasteiger partial charge in [0.15, 0.2) is 0 Å². The summed E-state index contributed by atoms with van der Waals surface area (Å²) in [6.45, 7) is 3.13. The van der Waals surface area contributed by atoms with Crippen LogP contribution in [0.15, 0.2) is 78.0 Å². The van der Waals surface area contributed by atoms with Gasteiger partial charge in [0, 0.05) is 30.5 Å². The first-order valence-electron chi connectivity index (χ1n) is 11.4. The van der Waals surface area contributed by atoms with Gasteiger partial charge in [0.1, 0.15) is 0 Å². The Hall–Kier alpha value is -3.27. The number of likely N-dealkylation sites (tertiary alicyclic amines) is 1. The molecule has 0 unspecified atom stereocenters. The first-order valence-corrected chi connectivity index (χ1v) is 12.9. The summed E-state index contributed by atoms with van der Waals surface area (Å²) in [5, 5.41) is 6.05. The van der Waals surface area contributed by atoms with Gasteiger partial charge < -0.3 is 15.5 Å². The number of hydrogen-bond acceptors (Lipinski definition) is 6. The predicted molar refractivity (Wildman–Crippen MR) is 134 cm³/mol. The molecule has 2 heterocycles. The molecule has 4 rings (SSSR count). The van der Waals surface area contributed by atoms with Gasteiger partial charge in [-0.05, 0) is 62.3 Å². The number of nitrogens with zero attached hydrogens (tertiary/aromatic N) is 2. The van der Waals surface area contributed by atoms with Gasteiger partial charge in [-0.1, -0.05) is 30.7 Å². The molecular weight excluding hydrogens is 450 g/mol. The number of nitrogens with one attached hydrogen (secondary N) is 3. The molecule has 3 N–H and O–H groups in total. The maximum absolute atomic E-state index is 12.8. The Morgan fingerprint density at radius 2 is 1.74 bits per heavy atom. The SMILES string of the molecule is O=C(Nc1ccncc1Nc1cccc(S(=O)(=O)NCCN2CCCCC2)c1)c1ccccc1. The standard InChI is InChI=1S/C25H29N5O3S/c31-25(20-8-3-1-4-9-20)29-23-12-13-26-19-24(23)28-21-10-7-11-22(18-21)34(32,33)27-14-17-30-15-5-2-6-16-30/h1,3-4,7-13,18-19,27-28H,2,5-6,14-17H2,(H,26,29,31). The fraction of sp³-hybridized carbons (Fsp3) is 0.280. The minimum atomic E-state index is -3.64. The summed E-state index contributed by atoms with van der Waals surface area (Å²) >= 11 is 0. The van der Waals surface area contributed by atoms with E-state index < -0.39 is 10.0 Å². The number of pyridine rings is 1. The van der Waals surface area contributed by atoms with Crippen molar-refractivity contribution in [3.8, 4) is 0 Å². The number of benzene rings is 2. The van der Waals surface area contributed by atoms with Crippen LogP contribution in [0.5, 0.6) is 0 Å². The lowest BCUT2D eigenvalue weighted by atomic mass is 10.1. The zero-order chi connectivity index (χ0) is 23.8. The second-order valence-electron chi connectivity index (χ2n) is 8.19. The molecule has 0 spiro atoms. The molecule has 1 aliphatic rings. The van der Waals surface area contributed by atoms with E-state index >= 15 is 0 Å². The van der Waals surface area contributed by atoms with E-state index in [1.165, 1.54) is 19.3 Å². The third-order valence-corrected chi connectivity index (χ3v) is 7.16. The van der Waals surface area contributed by atoms with Gasteiger partial charge in [-0.15, -0.1) is 0 Å². The first kappa shape index (κ1) is 23.9. The molecule has 2 aromatic carbocycles. The van der Waals surface area contributed by atoms with Crippen molar-refractivity contribution in [2.24, 2.45) is 0 Å². The second kappa shape index (κ2) is 11.2. The Morgan fingerprint density at radius 1 is 0.941 bits per heavy atom. The number of rotatable bonds is 9.